The van der Waals surface area contributed by atoms with Gasteiger partial charge < -0.3 is 14.8 Å². The van der Waals surface area contributed by atoms with Crippen molar-refractivity contribution in [3.63, 3.8) is 0 Å². The minimum Gasteiger partial charge on any atom is -0.486 e. The van der Waals surface area contributed by atoms with Gasteiger partial charge in [-0.25, -0.2) is 0 Å². The average Bonchev–Trinajstić information content (AvgIpc) is 3.10. The molecule has 0 saturated heterocycles. The molecule has 0 atom stereocenters. The highest BCUT2D eigenvalue weighted by atomic mass is 35.5. The number of hydrogen-bond donors (Lipinski definition) is 1. The molecule has 9 heteroatoms. The molecule has 1 amide bonds. The van der Waals surface area contributed by atoms with Crippen molar-refractivity contribution in [1.29, 1.82) is 0 Å². The molecule has 0 saturated carbocycles. The van der Waals surface area contributed by atoms with Gasteiger partial charge in [0.1, 0.15) is 13.2 Å². The van der Waals surface area contributed by atoms with Crippen LogP contribution >= 0.6 is 34.5 Å². The molecule has 6 nitrogen and oxygen atoms in total. The van der Waals surface area contributed by atoms with Gasteiger partial charge in [0.25, 0.3) is 0 Å². The molecule has 0 aliphatic carbocycles. The van der Waals surface area contributed by atoms with Gasteiger partial charge in [0, 0.05) is 5.56 Å². The van der Waals surface area contributed by atoms with E-state index in [1.54, 1.807) is 18.2 Å². The van der Waals surface area contributed by atoms with Crippen molar-refractivity contribution in [3.8, 4) is 22.1 Å². The summed E-state index contributed by atoms with van der Waals surface area (Å²) in [6.45, 7) is 0.909. The van der Waals surface area contributed by atoms with Crippen LogP contribution in [-0.2, 0) is 11.2 Å². The Balaban J connectivity index is 1.46. The van der Waals surface area contributed by atoms with E-state index in [2.05, 4.69) is 15.5 Å². The summed E-state index contributed by atoms with van der Waals surface area (Å²) in [5, 5.41) is 12.9. The number of rotatable bonds is 4. The van der Waals surface area contributed by atoms with Gasteiger partial charge in [0.2, 0.25) is 11.0 Å². The number of aromatic nitrogens is 2. The number of amides is 1. The molecule has 0 radical (unpaired) electrons. The molecule has 1 aliphatic rings. The standard InChI is InChI=1S/C18H13Cl2N3O3S/c19-12-4-2-1-3-11(12)17-22-23-18(27-17)21-15(24)9-10-7-13(20)16-14(8-10)25-5-6-26-16/h1-4,7-8H,5-6,9H2,(H,21,23,24). The second-order valence-electron chi connectivity index (χ2n) is 5.72. The highest BCUT2D eigenvalue weighted by Gasteiger charge is 2.18. The van der Waals surface area contributed by atoms with E-state index in [0.717, 1.165) is 11.1 Å². The third-order valence-electron chi connectivity index (χ3n) is 3.80. The first-order chi connectivity index (χ1) is 13.1. The predicted molar refractivity (Wildman–Crippen MR) is 105 cm³/mol. The van der Waals surface area contributed by atoms with Gasteiger partial charge in [-0.3, -0.25) is 4.79 Å². The van der Waals surface area contributed by atoms with Gasteiger partial charge in [-0.15, -0.1) is 10.2 Å². The number of fused-ring (bicyclic) bond motifs is 1. The van der Waals surface area contributed by atoms with Crippen LogP contribution in [-0.4, -0.2) is 29.3 Å². The molecule has 2 heterocycles. The lowest BCUT2D eigenvalue weighted by Gasteiger charge is -2.20. The first kappa shape index (κ1) is 18.0. The van der Waals surface area contributed by atoms with Crippen molar-refractivity contribution in [2.45, 2.75) is 6.42 Å². The Morgan fingerprint density at radius 2 is 1.93 bits per heavy atom. The van der Waals surface area contributed by atoms with Crippen molar-refractivity contribution in [3.05, 3.63) is 52.0 Å². The van der Waals surface area contributed by atoms with Crippen LogP contribution in [0.4, 0.5) is 5.13 Å². The molecule has 138 valence electrons. The summed E-state index contributed by atoms with van der Waals surface area (Å²) in [5.41, 5.74) is 1.49. The molecule has 1 aliphatic heterocycles. The number of ether oxygens (including phenoxy) is 2. The first-order valence-electron chi connectivity index (χ1n) is 8.06. The molecule has 1 aromatic heterocycles. The molecule has 27 heavy (non-hydrogen) atoms. The zero-order valence-corrected chi connectivity index (χ0v) is 16.2. The molecule has 0 spiro atoms. The fraction of sp³-hybridized carbons (Fsp3) is 0.167. The molecular weight excluding hydrogens is 409 g/mol. The fourth-order valence-electron chi connectivity index (χ4n) is 2.63. The van der Waals surface area contributed by atoms with Crippen LogP contribution in [0.25, 0.3) is 10.6 Å². The number of halogens is 2. The van der Waals surface area contributed by atoms with Crippen LogP contribution in [0.1, 0.15) is 5.56 Å². The summed E-state index contributed by atoms with van der Waals surface area (Å²) in [5.74, 6) is 0.832. The third-order valence-corrected chi connectivity index (χ3v) is 5.28. The van der Waals surface area contributed by atoms with Crippen LogP contribution in [0.2, 0.25) is 10.0 Å². The number of benzene rings is 2. The van der Waals surface area contributed by atoms with Gasteiger partial charge in [-0.1, -0.05) is 52.7 Å². The summed E-state index contributed by atoms with van der Waals surface area (Å²) < 4.78 is 11.0. The summed E-state index contributed by atoms with van der Waals surface area (Å²) in [4.78, 5) is 12.4. The zero-order valence-electron chi connectivity index (χ0n) is 13.9. The van der Waals surface area contributed by atoms with Crippen LogP contribution in [0.15, 0.2) is 36.4 Å². The van der Waals surface area contributed by atoms with Gasteiger partial charge >= 0.3 is 0 Å². The lowest BCUT2D eigenvalue weighted by molar-refractivity contribution is -0.115. The minimum absolute atomic E-state index is 0.122. The average molecular weight is 422 g/mol. The highest BCUT2D eigenvalue weighted by Crippen LogP contribution is 2.38. The minimum atomic E-state index is -0.232. The number of hydrogen-bond acceptors (Lipinski definition) is 6. The topological polar surface area (TPSA) is 73.3 Å². The van der Waals surface area contributed by atoms with Crippen LogP contribution < -0.4 is 14.8 Å². The Bertz CT molecular complexity index is 1010. The normalized spacial score (nSPS) is 12.7. The smallest absolute Gasteiger partial charge is 0.230 e. The van der Waals surface area contributed by atoms with E-state index >= 15 is 0 Å². The lowest BCUT2D eigenvalue weighted by atomic mass is 10.1. The maximum atomic E-state index is 12.4. The van der Waals surface area contributed by atoms with E-state index in [-0.39, 0.29) is 12.3 Å². The maximum Gasteiger partial charge on any atom is 0.230 e. The predicted octanol–water partition coefficient (Wildman–Crippen LogP) is 4.46. The van der Waals surface area contributed by atoms with Gasteiger partial charge in [0.15, 0.2) is 16.5 Å². The number of carbonyl (C=O) groups excluding carboxylic acids is 1. The molecule has 3 aromatic rings. The number of carbonyl (C=O) groups is 1. The Kier molecular flexibility index (Phi) is 5.15. The first-order valence-corrected chi connectivity index (χ1v) is 9.63. The van der Waals surface area contributed by atoms with Crippen molar-refractivity contribution < 1.29 is 14.3 Å². The second kappa shape index (κ2) is 7.72. The summed E-state index contributed by atoms with van der Waals surface area (Å²) >= 11 is 13.6. The van der Waals surface area contributed by atoms with Crippen LogP contribution in [0.3, 0.4) is 0 Å². The van der Waals surface area contributed by atoms with Crippen LogP contribution in [0, 0.1) is 0 Å². The third kappa shape index (κ3) is 4.00. The van der Waals surface area contributed by atoms with Crippen molar-refractivity contribution in [2.75, 3.05) is 18.5 Å². The van der Waals surface area contributed by atoms with Gasteiger partial charge in [0.05, 0.1) is 16.5 Å². The Hall–Kier alpha value is -2.35. The molecule has 0 unspecified atom stereocenters. The maximum absolute atomic E-state index is 12.4. The molecule has 0 bridgehead atoms. The Labute approximate surface area is 169 Å². The van der Waals surface area contributed by atoms with Gasteiger partial charge in [-0.05, 0) is 23.8 Å². The van der Waals surface area contributed by atoms with E-state index in [1.165, 1.54) is 11.3 Å². The molecule has 1 N–H and O–H groups in total. The Morgan fingerprint density at radius 3 is 2.78 bits per heavy atom. The van der Waals surface area contributed by atoms with Gasteiger partial charge in [-0.2, -0.15) is 0 Å². The lowest BCUT2D eigenvalue weighted by Crippen LogP contribution is -2.17. The monoisotopic (exact) mass is 421 g/mol. The van der Waals surface area contributed by atoms with E-state index in [9.17, 15) is 4.79 Å². The van der Waals surface area contributed by atoms with E-state index in [1.807, 2.05) is 18.2 Å². The number of anilines is 1. The van der Waals surface area contributed by atoms with Crippen molar-refractivity contribution >= 4 is 45.6 Å². The fourth-order valence-corrected chi connectivity index (χ4v) is 4.00. The second-order valence-corrected chi connectivity index (χ2v) is 7.51. The van der Waals surface area contributed by atoms with E-state index in [4.69, 9.17) is 32.7 Å². The summed E-state index contributed by atoms with van der Waals surface area (Å²) in [7, 11) is 0. The zero-order chi connectivity index (χ0) is 18.8. The molecule has 2 aromatic carbocycles. The molecule has 4 rings (SSSR count). The van der Waals surface area contributed by atoms with Crippen LogP contribution in [0.5, 0.6) is 11.5 Å². The van der Waals surface area contributed by atoms with E-state index < -0.39 is 0 Å². The SMILES string of the molecule is O=C(Cc1cc(Cl)c2c(c1)OCCO2)Nc1nnc(-c2ccccc2Cl)s1. The number of nitrogens with one attached hydrogen (secondary N) is 1. The Morgan fingerprint density at radius 1 is 1.11 bits per heavy atom. The summed E-state index contributed by atoms with van der Waals surface area (Å²) in [6, 6.07) is 10.8. The summed E-state index contributed by atoms with van der Waals surface area (Å²) in [6.07, 6.45) is 0.122. The quantitative estimate of drug-likeness (QED) is 0.672. The van der Waals surface area contributed by atoms with E-state index in [0.29, 0.717) is 44.9 Å². The molecular formula is C18H13Cl2N3O3S. The van der Waals surface area contributed by atoms with Crippen molar-refractivity contribution in [2.24, 2.45) is 0 Å². The molecule has 0 fully saturated rings. The van der Waals surface area contributed by atoms with Crippen molar-refractivity contribution in [1.82, 2.24) is 10.2 Å². The highest BCUT2D eigenvalue weighted by molar-refractivity contribution is 7.18. The number of nitrogens with zero attached hydrogens (tertiary/aromatic N) is 2. The largest absolute Gasteiger partial charge is 0.486 e.